The van der Waals surface area contributed by atoms with Gasteiger partial charge in [-0.05, 0) is 38.4 Å². The molecular weight excluding hydrogens is 252 g/mol. The highest BCUT2D eigenvalue weighted by molar-refractivity contribution is 5.85. The lowest BCUT2D eigenvalue weighted by Gasteiger charge is -2.31. The molecule has 7 heteroatoms. The zero-order valence-electron chi connectivity index (χ0n) is 8.29. The van der Waals surface area contributed by atoms with E-state index in [1.807, 2.05) is 0 Å². The van der Waals surface area contributed by atoms with Gasteiger partial charge >= 0.3 is 6.18 Å². The lowest BCUT2D eigenvalue weighted by atomic mass is 9.97. The Labute approximate surface area is 100 Å². The van der Waals surface area contributed by atoms with Crippen LogP contribution in [-0.2, 0) is 0 Å². The fourth-order valence-electron chi connectivity index (χ4n) is 1.63. The standard InChI is InChI=1S/C8H15F3N2.2ClH/c9-8(10,11)6-13-3-1-7(5-12)2-4-13;;/h7H,1-6,12H2;2*1H. The second-order valence-electron chi connectivity index (χ2n) is 3.57. The largest absolute Gasteiger partial charge is 0.401 e. The van der Waals surface area contributed by atoms with Gasteiger partial charge in [0.1, 0.15) is 0 Å². The molecular formula is C8H17Cl2F3N2. The third-order valence-electron chi connectivity index (χ3n) is 2.44. The Balaban J connectivity index is 0. The number of hydrogen-bond donors (Lipinski definition) is 1. The third kappa shape index (κ3) is 7.22. The summed E-state index contributed by atoms with van der Waals surface area (Å²) < 4.78 is 35.9. The summed E-state index contributed by atoms with van der Waals surface area (Å²) in [4.78, 5) is 1.45. The number of halogens is 5. The summed E-state index contributed by atoms with van der Waals surface area (Å²) in [5.74, 6) is 0.421. The Morgan fingerprint density at radius 1 is 1.13 bits per heavy atom. The fourth-order valence-corrected chi connectivity index (χ4v) is 1.63. The van der Waals surface area contributed by atoms with Gasteiger partial charge in [0.2, 0.25) is 0 Å². The highest BCUT2D eigenvalue weighted by Gasteiger charge is 2.32. The van der Waals surface area contributed by atoms with Gasteiger partial charge in [-0.3, -0.25) is 4.90 Å². The molecule has 1 heterocycles. The highest BCUT2D eigenvalue weighted by Crippen LogP contribution is 2.21. The van der Waals surface area contributed by atoms with E-state index in [-0.39, 0.29) is 24.8 Å². The van der Waals surface area contributed by atoms with Gasteiger partial charge in [-0.25, -0.2) is 0 Å². The Morgan fingerprint density at radius 2 is 1.60 bits per heavy atom. The second-order valence-corrected chi connectivity index (χ2v) is 3.57. The zero-order chi connectivity index (χ0) is 9.90. The molecule has 1 saturated heterocycles. The topological polar surface area (TPSA) is 29.3 Å². The van der Waals surface area contributed by atoms with Crippen molar-refractivity contribution < 1.29 is 13.2 Å². The predicted octanol–water partition coefficient (Wildman–Crippen LogP) is 2.06. The molecule has 2 N–H and O–H groups in total. The first-order chi connectivity index (χ1) is 6.01. The van der Waals surface area contributed by atoms with Crippen molar-refractivity contribution in [1.29, 1.82) is 0 Å². The maximum Gasteiger partial charge on any atom is 0.401 e. The van der Waals surface area contributed by atoms with E-state index in [4.69, 9.17) is 5.73 Å². The smallest absolute Gasteiger partial charge is 0.330 e. The Hall–Kier alpha value is 0.290. The van der Waals surface area contributed by atoms with E-state index in [1.165, 1.54) is 4.90 Å². The number of piperidine rings is 1. The van der Waals surface area contributed by atoms with E-state index in [2.05, 4.69) is 0 Å². The molecule has 0 spiro atoms. The number of rotatable bonds is 2. The summed E-state index contributed by atoms with van der Waals surface area (Å²) >= 11 is 0. The summed E-state index contributed by atoms with van der Waals surface area (Å²) in [6.07, 6.45) is -2.46. The van der Waals surface area contributed by atoms with Gasteiger partial charge in [0.05, 0.1) is 6.54 Å². The summed E-state index contributed by atoms with van der Waals surface area (Å²) in [5, 5.41) is 0. The zero-order valence-corrected chi connectivity index (χ0v) is 9.93. The summed E-state index contributed by atoms with van der Waals surface area (Å²) in [6.45, 7) is 0.882. The molecule has 0 aromatic heterocycles. The van der Waals surface area contributed by atoms with Gasteiger partial charge in [0, 0.05) is 0 Å². The minimum Gasteiger partial charge on any atom is -0.330 e. The van der Waals surface area contributed by atoms with E-state index < -0.39 is 12.7 Å². The van der Waals surface area contributed by atoms with Crippen molar-refractivity contribution in [2.75, 3.05) is 26.2 Å². The van der Waals surface area contributed by atoms with Crippen LogP contribution in [0, 0.1) is 5.92 Å². The Bertz CT molecular complexity index is 158. The maximum atomic E-state index is 12.0. The SMILES string of the molecule is Cl.Cl.NCC1CCN(CC(F)(F)F)CC1. The maximum absolute atomic E-state index is 12.0. The van der Waals surface area contributed by atoms with Crippen LogP contribution >= 0.6 is 24.8 Å². The van der Waals surface area contributed by atoms with E-state index >= 15 is 0 Å². The first kappa shape index (κ1) is 17.7. The molecule has 94 valence electrons. The van der Waals surface area contributed by atoms with Gasteiger partial charge in [-0.2, -0.15) is 13.2 Å². The molecule has 0 aromatic carbocycles. The van der Waals surface area contributed by atoms with Crippen LogP contribution in [0.25, 0.3) is 0 Å². The average molecular weight is 269 g/mol. The van der Waals surface area contributed by atoms with Gasteiger partial charge in [0.15, 0.2) is 0 Å². The summed E-state index contributed by atoms with van der Waals surface area (Å²) in [6, 6.07) is 0. The predicted molar refractivity (Wildman–Crippen MR) is 58.8 cm³/mol. The van der Waals surface area contributed by atoms with Gasteiger partial charge in [0.25, 0.3) is 0 Å². The molecule has 0 saturated carbocycles. The van der Waals surface area contributed by atoms with E-state index in [0.29, 0.717) is 25.6 Å². The van der Waals surface area contributed by atoms with E-state index in [1.54, 1.807) is 0 Å². The number of nitrogens with two attached hydrogens (primary N) is 1. The molecule has 1 aliphatic rings. The van der Waals surface area contributed by atoms with E-state index in [0.717, 1.165) is 12.8 Å². The van der Waals surface area contributed by atoms with Crippen molar-refractivity contribution in [1.82, 2.24) is 4.90 Å². The quantitative estimate of drug-likeness (QED) is 0.831. The van der Waals surface area contributed by atoms with Crippen LogP contribution in [0.15, 0.2) is 0 Å². The third-order valence-corrected chi connectivity index (χ3v) is 2.44. The number of alkyl halides is 3. The molecule has 0 radical (unpaired) electrons. The van der Waals surface area contributed by atoms with Crippen molar-refractivity contribution in [3.05, 3.63) is 0 Å². The Kier molecular flexibility index (Phi) is 8.89. The normalized spacial score (nSPS) is 19.2. The van der Waals surface area contributed by atoms with Gasteiger partial charge < -0.3 is 5.73 Å². The molecule has 1 fully saturated rings. The van der Waals surface area contributed by atoms with Crippen molar-refractivity contribution in [2.45, 2.75) is 19.0 Å². The van der Waals surface area contributed by atoms with Crippen LogP contribution in [0.5, 0.6) is 0 Å². The first-order valence-corrected chi connectivity index (χ1v) is 4.50. The van der Waals surface area contributed by atoms with Gasteiger partial charge in [-0.1, -0.05) is 0 Å². The lowest BCUT2D eigenvalue weighted by molar-refractivity contribution is -0.148. The molecule has 0 amide bonds. The summed E-state index contributed by atoms with van der Waals surface area (Å²) in [7, 11) is 0. The number of hydrogen-bond acceptors (Lipinski definition) is 2. The van der Waals surface area contributed by atoms with Crippen LogP contribution in [0.1, 0.15) is 12.8 Å². The van der Waals surface area contributed by atoms with Gasteiger partial charge in [-0.15, -0.1) is 24.8 Å². The van der Waals surface area contributed by atoms with Crippen molar-refractivity contribution >= 4 is 24.8 Å². The van der Waals surface area contributed by atoms with Crippen LogP contribution in [0.3, 0.4) is 0 Å². The minimum absolute atomic E-state index is 0. The molecule has 0 atom stereocenters. The number of likely N-dealkylation sites (tertiary alicyclic amines) is 1. The van der Waals surface area contributed by atoms with Crippen LogP contribution in [0.2, 0.25) is 0 Å². The molecule has 0 unspecified atom stereocenters. The highest BCUT2D eigenvalue weighted by atomic mass is 35.5. The van der Waals surface area contributed by atoms with Crippen molar-refractivity contribution in [3.63, 3.8) is 0 Å². The first-order valence-electron chi connectivity index (χ1n) is 4.50. The molecule has 0 aliphatic carbocycles. The monoisotopic (exact) mass is 268 g/mol. The van der Waals surface area contributed by atoms with E-state index in [9.17, 15) is 13.2 Å². The number of nitrogens with zero attached hydrogens (tertiary/aromatic N) is 1. The second kappa shape index (κ2) is 7.54. The van der Waals surface area contributed by atoms with Crippen LogP contribution in [0.4, 0.5) is 13.2 Å². The molecule has 0 bridgehead atoms. The van der Waals surface area contributed by atoms with Crippen molar-refractivity contribution in [2.24, 2.45) is 11.7 Å². The molecule has 1 aliphatic heterocycles. The Morgan fingerprint density at radius 3 is 1.93 bits per heavy atom. The lowest BCUT2D eigenvalue weighted by Crippen LogP contribution is -2.41. The molecule has 1 rings (SSSR count). The summed E-state index contributed by atoms with van der Waals surface area (Å²) in [5.41, 5.74) is 5.44. The van der Waals surface area contributed by atoms with Crippen LogP contribution in [-0.4, -0.2) is 37.3 Å². The van der Waals surface area contributed by atoms with Crippen molar-refractivity contribution in [3.8, 4) is 0 Å². The minimum atomic E-state index is -4.06. The molecule has 0 aromatic rings. The average Bonchev–Trinajstić information content (AvgIpc) is 2.03. The molecule has 2 nitrogen and oxygen atoms in total. The van der Waals surface area contributed by atoms with Crippen LogP contribution < -0.4 is 5.73 Å². The fraction of sp³-hybridized carbons (Fsp3) is 1.00. The molecule has 15 heavy (non-hydrogen) atoms.